The monoisotopic (exact) mass is 234 g/mol. The quantitative estimate of drug-likeness (QED) is 0.600. The summed E-state index contributed by atoms with van der Waals surface area (Å²) in [5.74, 6) is 0.571. The Kier molecular flexibility index (Phi) is 2.24. The highest BCUT2D eigenvalue weighted by atomic mass is 16.5. The van der Waals surface area contributed by atoms with Crippen molar-refractivity contribution in [2.75, 3.05) is 0 Å². The van der Waals surface area contributed by atoms with E-state index in [0.29, 0.717) is 16.7 Å². The summed E-state index contributed by atoms with van der Waals surface area (Å²) < 4.78 is 5.42. The molecule has 2 nitrogen and oxygen atoms in total. The van der Waals surface area contributed by atoms with Crippen molar-refractivity contribution in [2.45, 2.75) is 59.0 Å². The molecule has 3 rings (SSSR count). The van der Waals surface area contributed by atoms with Gasteiger partial charge in [0.2, 0.25) is 0 Å². The van der Waals surface area contributed by atoms with Crippen molar-refractivity contribution in [3.63, 3.8) is 0 Å². The standard InChI is InChI=1S/C15H22O2/c1-14(2)5-4-6-15(3)9-10-7-13(16)17-11(10)8-12(14)15/h7,11-12H,4-6,8-9H2,1-3H3/t11-,12-,15+/m0/s1. The average Bonchev–Trinajstić information content (AvgIpc) is 2.53. The van der Waals surface area contributed by atoms with E-state index in [1.807, 2.05) is 0 Å². The molecule has 3 aliphatic rings. The van der Waals surface area contributed by atoms with Gasteiger partial charge < -0.3 is 4.74 Å². The van der Waals surface area contributed by atoms with Crippen LogP contribution in [0.5, 0.6) is 0 Å². The second-order valence-corrected chi connectivity index (χ2v) is 7.11. The minimum Gasteiger partial charge on any atom is -0.455 e. The highest BCUT2D eigenvalue weighted by Gasteiger charge is 2.52. The molecule has 0 radical (unpaired) electrons. The molecule has 1 aliphatic heterocycles. The SMILES string of the molecule is CC1(C)CCC[C@]2(C)CC3=CC(=O)O[C@H]3C[C@@H]12. The Morgan fingerprint density at radius 2 is 2.06 bits per heavy atom. The van der Waals surface area contributed by atoms with Crippen molar-refractivity contribution in [3.05, 3.63) is 11.6 Å². The molecule has 3 atom stereocenters. The molecule has 0 N–H and O–H groups in total. The topological polar surface area (TPSA) is 26.3 Å². The molecular weight excluding hydrogens is 212 g/mol. The number of rotatable bonds is 0. The molecule has 0 unspecified atom stereocenters. The molecule has 17 heavy (non-hydrogen) atoms. The maximum absolute atomic E-state index is 11.4. The van der Waals surface area contributed by atoms with Crippen molar-refractivity contribution >= 4 is 5.97 Å². The maximum atomic E-state index is 11.4. The van der Waals surface area contributed by atoms with Crippen molar-refractivity contribution in [3.8, 4) is 0 Å². The lowest BCUT2D eigenvalue weighted by Crippen LogP contribution is -2.47. The van der Waals surface area contributed by atoms with Gasteiger partial charge in [0.25, 0.3) is 0 Å². The van der Waals surface area contributed by atoms with E-state index in [9.17, 15) is 4.79 Å². The first-order valence-electron chi connectivity index (χ1n) is 6.82. The third-order valence-electron chi connectivity index (χ3n) is 5.39. The average molecular weight is 234 g/mol. The van der Waals surface area contributed by atoms with Gasteiger partial charge in [0, 0.05) is 6.08 Å². The minimum absolute atomic E-state index is 0.0953. The molecule has 2 aliphatic carbocycles. The molecule has 0 aromatic rings. The number of carbonyl (C=O) groups excluding carboxylic acids is 1. The molecule has 2 heteroatoms. The summed E-state index contributed by atoms with van der Waals surface area (Å²) in [6, 6.07) is 0. The van der Waals surface area contributed by atoms with Crippen molar-refractivity contribution < 1.29 is 9.53 Å². The Balaban J connectivity index is 1.94. The van der Waals surface area contributed by atoms with Crippen LogP contribution in [0.25, 0.3) is 0 Å². The zero-order chi connectivity index (χ0) is 12.3. The fraction of sp³-hybridized carbons (Fsp3) is 0.800. The van der Waals surface area contributed by atoms with Crippen molar-refractivity contribution in [1.82, 2.24) is 0 Å². The lowest BCUT2D eigenvalue weighted by Gasteiger charge is -2.54. The first kappa shape index (κ1) is 11.3. The van der Waals surface area contributed by atoms with E-state index in [2.05, 4.69) is 20.8 Å². The number of esters is 1. The van der Waals surface area contributed by atoms with Gasteiger partial charge in [0.1, 0.15) is 6.10 Å². The lowest BCUT2D eigenvalue weighted by molar-refractivity contribution is -0.142. The van der Waals surface area contributed by atoms with E-state index >= 15 is 0 Å². The van der Waals surface area contributed by atoms with E-state index in [1.54, 1.807) is 6.08 Å². The summed E-state index contributed by atoms with van der Waals surface area (Å²) >= 11 is 0. The third-order valence-corrected chi connectivity index (χ3v) is 5.39. The number of fused-ring (bicyclic) bond motifs is 2. The van der Waals surface area contributed by atoms with Crippen LogP contribution in [-0.2, 0) is 9.53 Å². The summed E-state index contributed by atoms with van der Waals surface area (Å²) in [4.78, 5) is 11.4. The van der Waals surface area contributed by atoms with Gasteiger partial charge in [-0.05, 0) is 48.0 Å². The molecule has 0 saturated heterocycles. The Morgan fingerprint density at radius 1 is 1.29 bits per heavy atom. The summed E-state index contributed by atoms with van der Waals surface area (Å²) in [6.45, 7) is 7.19. The lowest BCUT2D eigenvalue weighted by atomic mass is 9.51. The van der Waals surface area contributed by atoms with E-state index in [4.69, 9.17) is 4.74 Å². The first-order valence-corrected chi connectivity index (χ1v) is 6.82. The fourth-order valence-corrected chi connectivity index (χ4v) is 4.59. The van der Waals surface area contributed by atoms with Gasteiger partial charge in [-0.1, -0.05) is 27.2 Å². The molecule has 94 valence electrons. The second-order valence-electron chi connectivity index (χ2n) is 7.11. The number of ether oxygens (including phenoxy) is 1. The van der Waals surface area contributed by atoms with E-state index < -0.39 is 0 Å². The highest BCUT2D eigenvalue weighted by Crippen LogP contribution is 2.59. The smallest absolute Gasteiger partial charge is 0.331 e. The fourth-order valence-electron chi connectivity index (χ4n) is 4.59. The minimum atomic E-state index is -0.120. The molecule has 2 saturated carbocycles. The summed E-state index contributed by atoms with van der Waals surface area (Å²) in [5, 5.41) is 0. The Labute approximate surface area is 103 Å². The number of carbonyl (C=O) groups is 1. The molecule has 0 aromatic heterocycles. The van der Waals surface area contributed by atoms with Crippen LogP contribution in [-0.4, -0.2) is 12.1 Å². The van der Waals surface area contributed by atoms with Crippen molar-refractivity contribution in [1.29, 1.82) is 0 Å². The third kappa shape index (κ3) is 1.64. The van der Waals surface area contributed by atoms with Crippen LogP contribution in [0.1, 0.15) is 52.9 Å². The number of hydrogen-bond acceptors (Lipinski definition) is 2. The molecular formula is C15H22O2. The number of hydrogen-bond donors (Lipinski definition) is 0. The molecule has 0 aromatic carbocycles. The van der Waals surface area contributed by atoms with Crippen LogP contribution in [0, 0.1) is 16.7 Å². The Bertz CT molecular complexity index is 394. The van der Waals surface area contributed by atoms with Gasteiger partial charge in [-0.25, -0.2) is 4.79 Å². The van der Waals surface area contributed by atoms with Gasteiger partial charge in [-0.2, -0.15) is 0 Å². The van der Waals surface area contributed by atoms with E-state index in [1.165, 1.54) is 24.8 Å². The molecule has 0 amide bonds. The van der Waals surface area contributed by atoms with Gasteiger partial charge in [-0.15, -0.1) is 0 Å². The van der Waals surface area contributed by atoms with Crippen LogP contribution >= 0.6 is 0 Å². The van der Waals surface area contributed by atoms with Crippen LogP contribution in [0.4, 0.5) is 0 Å². The van der Waals surface area contributed by atoms with E-state index in [0.717, 1.165) is 12.8 Å². The van der Waals surface area contributed by atoms with Crippen LogP contribution < -0.4 is 0 Å². The van der Waals surface area contributed by atoms with Gasteiger partial charge in [0.15, 0.2) is 0 Å². The molecule has 2 fully saturated rings. The largest absolute Gasteiger partial charge is 0.455 e. The van der Waals surface area contributed by atoms with Gasteiger partial charge >= 0.3 is 5.97 Å². The first-order chi connectivity index (χ1) is 7.91. The van der Waals surface area contributed by atoms with Gasteiger partial charge in [-0.3, -0.25) is 0 Å². The normalized spacial score (nSPS) is 43.5. The van der Waals surface area contributed by atoms with Crippen molar-refractivity contribution in [2.24, 2.45) is 16.7 Å². The highest BCUT2D eigenvalue weighted by molar-refractivity contribution is 5.86. The summed E-state index contributed by atoms with van der Waals surface area (Å²) in [7, 11) is 0. The van der Waals surface area contributed by atoms with Crippen LogP contribution in [0.2, 0.25) is 0 Å². The van der Waals surface area contributed by atoms with Crippen LogP contribution in [0.15, 0.2) is 11.6 Å². The van der Waals surface area contributed by atoms with Gasteiger partial charge in [0.05, 0.1) is 0 Å². The molecule has 0 bridgehead atoms. The predicted octanol–water partition coefficient (Wildman–Crippen LogP) is 3.46. The van der Waals surface area contributed by atoms with E-state index in [-0.39, 0.29) is 12.1 Å². The molecule has 0 spiro atoms. The zero-order valence-electron chi connectivity index (χ0n) is 11.1. The second kappa shape index (κ2) is 3.37. The summed E-state index contributed by atoms with van der Waals surface area (Å²) in [6.07, 6.45) is 7.89. The predicted molar refractivity (Wildman–Crippen MR) is 66.4 cm³/mol. The maximum Gasteiger partial charge on any atom is 0.331 e. The Hall–Kier alpha value is -0.790. The Morgan fingerprint density at radius 3 is 2.82 bits per heavy atom. The summed E-state index contributed by atoms with van der Waals surface area (Å²) in [5.41, 5.74) is 2.04. The zero-order valence-corrected chi connectivity index (χ0v) is 11.1. The van der Waals surface area contributed by atoms with Crippen LogP contribution in [0.3, 0.4) is 0 Å². The molecule has 1 heterocycles.